The lowest BCUT2D eigenvalue weighted by molar-refractivity contribution is -0.192. The summed E-state index contributed by atoms with van der Waals surface area (Å²) in [5, 5.41) is 7.12. The van der Waals surface area contributed by atoms with Crippen molar-refractivity contribution in [1.82, 2.24) is 9.80 Å². The molecule has 0 aromatic carbocycles. The summed E-state index contributed by atoms with van der Waals surface area (Å²) in [6, 6.07) is 3.74. The van der Waals surface area contributed by atoms with Crippen LogP contribution in [0.5, 0.6) is 0 Å². The van der Waals surface area contributed by atoms with Crippen LogP contribution < -0.4 is 0 Å². The van der Waals surface area contributed by atoms with Gasteiger partial charge in [0.25, 0.3) is 5.91 Å². The zero-order valence-corrected chi connectivity index (χ0v) is 15.6. The van der Waals surface area contributed by atoms with Crippen molar-refractivity contribution in [2.75, 3.05) is 39.4 Å². The number of alkyl halides is 3. The molecule has 3 fully saturated rings. The summed E-state index contributed by atoms with van der Waals surface area (Å²) in [4.78, 5) is 25.6. The number of rotatable bonds is 3. The molecule has 3 aliphatic rings. The topological polar surface area (TPSA) is 92.4 Å². The Morgan fingerprint density at radius 2 is 1.97 bits per heavy atom. The van der Waals surface area contributed by atoms with Gasteiger partial charge in [0.15, 0.2) is 5.76 Å². The summed E-state index contributed by atoms with van der Waals surface area (Å²) >= 11 is 0. The van der Waals surface area contributed by atoms with Crippen molar-refractivity contribution in [2.24, 2.45) is 0 Å². The van der Waals surface area contributed by atoms with Crippen LogP contribution in [0.3, 0.4) is 0 Å². The van der Waals surface area contributed by atoms with Gasteiger partial charge in [0, 0.05) is 32.8 Å². The largest absolute Gasteiger partial charge is 0.490 e. The predicted molar refractivity (Wildman–Crippen MR) is 92.4 cm³/mol. The van der Waals surface area contributed by atoms with Gasteiger partial charge in [0.05, 0.1) is 31.1 Å². The molecule has 29 heavy (non-hydrogen) atoms. The molecule has 11 heteroatoms. The van der Waals surface area contributed by atoms with Crippen LogP contribution in [0, 0.1) is 0 Å². The molecule has 1 aromatic heterocycles. The van der Waals surface area contributed by atoms with Crippen molar-refractivity contribution in [2.45, 2.75) is 37.3 Å². The molecule has 0 saturated carbocycles. The first-order valence-corrected chi connectivity index (χ1v) is 9.36. The maximum Gasteiger partial charge on any atom is 0.490 e. The third-order valence-corrected chi connectivity index (χ3v) is 5.14. The van der Waals surface area contributed by atoms with Gasteiger partial charge in [-0.25, -0.2) is 4.79 Å². The number of carboxylic acid groups (broad SMARTS) is 1. The summed E-state index contributed by atoms with van der Waals surface area (Å²) in [6.45, 7) is 4.84. The summed E-state index contributed by atoms with van der Waals surface area (Å²) in [5.41, 5.74) is 0. The Balaban J connectivity index is 0.000000298. The Bertz CT molecular complexity index is 690. The second-order valence-electron chi connectivity index (χ2n) is 7.10. The molecule has 0 bridgehead atoms. The molecule has 8 nitrogen and oxygen atoms in total. The number of likely N-dealkylation sites (tertiary alicyclic amines) is 1. The van der Waals surface area contributed by atoms with Crippen LogP contribution in [0.2, 0.25) is 0 Å². The van der Waals surface area contributed by atoms with Crippen LogP contribution >= 0.6 is 0 Å². The number of halogens is 3. The van der Waals surface area contributed by atoms with Gasteiger partial charge in [-0.1, -0.05) is 0 Å². The third kappa shape index (κ3) is 5.49. The number of furan rings is 1. The molecule has 1 aromatic rings. The number of hydrogen-bond acceptors (Lipinski definition) is 6. The standard InChI is InChI=1S/C16H22N2O4.C2HF3O2/c19-16(14-4-2-7-21-14)18-10-13-15(11-18)22-8-5-17(13)9-12-3-1-6-20-12;3-2(4,5)1(6)7/h2,4,7,12-13,15H,1,3,5-6,8-11H2;(H,6,7)/t12?,13-,15+;/m1./s1. The molecule has 4 heterocycles. The molecule has 3 saturated heterocycles. The molecular weight excluding hydrogens is 397 g/mol. The van der Waals surface area contributed by atoms with Crippen LogP contribution in [-0.2, 0) is 14.3 Å². The van der Waals surface area contributed by atoms with Gasteiger partial charge in [-0.2, -0.15) is 13.2 Å². The second-order valence-corrected chi connectivity index (χ2v) is 7.10. The quantitative estimate of drug-likeness (QED) is 0.794. The molecule has 1 unspecified atom stereocenters. The average molecular weight is 420 g/mol. The Kier molecular flexibility index (Phi) is 6.81. The fraction of sp³-hybridized carbons (Fsp3) is 0.667. The Hall–Kier alpha value is -2.11. The molecule has 4 rings (SSSR count). The number of nitrogens with zero attached hydrogens (tertiary/aromatic N) is 2. The van der Waals surface area contributed by atoms with Gasteiger partial charge in [0.2, 0.25) is 0 Å². The van der Waals surface area contributed by atoms with Crippen molar-refractivity contribution in [3.63, 3.8) is 0 Å². The lowest BCUT2D eigenvalue weighted by atomic mass is 10.1. The van der Waals surface area contributed by atoms with E-state index in [9.17, 15) is 18.0 Å². The first-order chi connectivity index (χ1) is 13.8. The normalized spacial score (nSPS) is 27.3. The van der Waals surface area contributed by atoms with E-state index in [2.05, 4.69) is 4.90 Å². The number of carboxylic acids is 1. The molecule has 1 N–H and O–H groups in total. The number of carbonyl (C=O) groups excluding carboxylic acids is 1. The SMILES string of the molecule is O=C(O)C(F)(F)F.O=C(c1ccco1)N1C[C@@H]2OCCN(CC3CCCO3)[C@@H]2C1. The van der Waals surface area contributed by atoms with Crippen molar-refractivity contribution in [1.29, 1.82) is 0 Å². The highest BCUT2D eigenvalue weighted by molar-refractivity contribution is 5.91. The minimum atomic E-state index is -5.08. The fourth-order valence-electron chi connectivity index (χ4n) is 3.76. The Morgan fingerprint density at radius 3 is 2.55 bits per heavy atom. The van der Waals surface area contributed by atoms with Crippen molar-refractivity contribution in [3.05, 3.63) is 24.2 Å². The van der Waals surface area contributed by atoms with E-state index in [1.54, 1.807) is 12.1 Å². The molecule has 0 spiro atoms. The number of ether oxygens (including phenoxy) is 2. The molecule has 0 aliphatic carbocycles. The summed E-state index contributed by atoms with van der Waals surface area (Å²) < 4.78 is 48.6. The lowest BCUT2D eigenvalue weighted by Gasteiger charge is -2.37. The summed E-state index contributed by atoms with van der Waals surface area (Å²) in [5.74, 6) is -2.39. The van der Waals surface area contributed by atoms with Crippen molar-refractivity contribution in [3.8, 4) is 0 Å². The first-order valence-electron chi connectivity index (χ1n) is 9.36. The monoisotopic (exact) mass is 420 g/mol. The van der Waals surface area contributed by atoms with E-state index >= 15 is 0 Å². The maximum absolute atomic E-state index is 12.4. The fourth-order valence-corrected chi connectivity index (χ4v) is 3.76. The van der Waals surface area contributed by atoms with Gasteiger partial charge >= 0.3 is 12.1 Å². The van der Waals surface area contributed by atoms with Crippen molar-refractivity contribution >= 4 is 11.9 Å². The van der Waals surface area contributed by atoms with Crippen LogP contribution in [0.15, 0.2) is 22.8 Å². The van der Waals surface area contributed by atoms with Gasteiger partial charge in [-0.15, -0.1) is 0 Å². The van der Waals surface area contributed by atoms with E-state index in [1.165, 1.54) is 6.26 Å². The van der Waals surface area contributed by atoms with E-state index in [-0.39, 0.29) is 18.1 Å². The number of hydrogen-bond donors (Lipinski definition) is 1. The second kappa shape index (κ2) is 9.14. The number of morpholine rings is 1. The lowest BCUT2D eigenvalue weighted by Crippen LogP contribution is -2.52. The minimum absolute atomic E-state index is 0.0416. The Labute approximate surface area is 165 Å². The highest BCUT2D eigenvalue weighted by Crippen LogP contribution is 2.26. The number of aliphatic carboxylic acids is 1. The highest BCUT2D eigenvalue weighted by atomic mass is 19.4. The summed E-state index contributed by atoms with van der Waals surface area (Å²) in [6.07, 6.45) is -0.797. The highest BCUT2D eigenvalue weighted by Gasteiger charge is 2.43. The van der Waals surface area contributed by atoms with E-state index < -0.39 is 12.1 Å². The third-order valence-electron chi connectivity index (χ3n) is 5.14. The average Bonchev–Trinajstić information content (AvgIpc) is 3.42. The first kappa shape index (κ1) is 21.6. The smallest absolute Gasteiger partial charge is 0.475 e. The van der Waals surface area contributed by atoms with Crippen LogP contribution in [-0.4, -0.2) is 90.6 Å². The minimum Gasteiger partial charge on any atom is -0.475 e. The van der Waals surface area contributed by atoms with Gasteiger partial charge < -0.3 is 23.9 Å². The molecule has 1 amide bonds. The molecule has 3 aliphatic heterocycles. The number of fused-ring (bicyclic) bond motifs is 1. The molecule has 0 radical (unpaired) electrons. The molecular formula is C18H23F3N2O6. The zero-order chi connectivity index (χ0) is 21.0. The van der Waals surface area contributed by atoms with Crippen LogP contribution in [0.4, 0.5) is 13.2 Å². The van der Waals surface area contributed by atoms with Crippen molar-refractivity contribution < 1.29 is 41.8 Å². The van der Waals surface area contributed by atoms with E-state index in [0.717, 1.165) is 39.1 Å². The van der Waals surface area contributed by atoms with Gasteiger partial charge in [0.1, 0.15) is 0 Å². The summed E-state index contributed by atoms with van der Waals surface area (Å²) in [7, 11) is 0. The van der Waals surface area contributed by atoms with E-state index in [1.807, 2.05) is 4.90 Å². The Morgan fingerprint density at radius 1 is 1.21 bits per heavy atom. The molecule has 3 atom stereocenters. The maximum atomic E-state index is 12.4. The van der Waals surface area contributed by atoms with E-state index in [4.69, 9.17) is 23.8 Å². The van der Waals surface area contributed by atoms with Gasteiger partial charge in [-0.05, 0) is 25.0 Å². The molecule has 162 valence electrons. The van der Waals surface area contributed by atoms with Crippen LogP contribution in [0.1, 0.15) is 23.4 Å². The zero-order valence-electron chi connectivity index (χ0n) is 15.6. The number of carbonyl (C=O) groups is 2. The number of amides is 1. The van der Waals surface area contributed by atoms with Gasteiger partial charge in [-0.3, -0.25) is 9.69 Å². The predicted octanol–water partition coefficient (Wildman–Crippen LogP) is 1.62. The van der Waals surface area contributed by atoms with Crippen LogP contribution in [0.25, 0.3) is 0 Å². The van der Waals surface area contributed by atoms with E-state index in [0.29, 0.717) is 25.0 Å².